The first kappa shape index (κ1) is 16.5. The van der Waals surface area contributed by atoms with E-state index < -0.39 is 10.0 Å². The smallest absolute Gasteiger partial charge is 0.315 e. The molecule has 2 aliphatic rings. The minimum absolute atomic E-state index is 0.0840. The zero-order valence-corrected chi connectivity index (χ0v) is 13.8. The first-order valence-corrected chi connectivity index (χ1v) is 9.70. The number of sulfonamides is 1. The van der Waals surface area contributed by atoms with E-state index in [1.807, 2.05) is 0 Å². The molecule has 21 heavy (non-hydrogen) atoms. The van der Waals surface area contributed by atoms with Crippen LogP contribution in [-0.4, -0.2) is 50.7 Å². The fourth-order valence-corrected chi connectivity index (χ4v) is 4.14. The van der Waals surface area contributed by atoms with Crippen LogP contribution in [-0.2, 0) is 10.0 Å². The number of rotatable bonds is 4. The number of urea groups is 1. The first-order chi connectivity index (χ1) is 9.86. The Morgan fingerprint density at radius 1 is 1.19 bits per heavy atom. The summed E-state index contributed by atoms with van der Waals surface area (Å²) in [6, 6.07) is 0.219. The summed E-state index contributed by atoms with van der Waals surface area (Å²) in [7, 11) is -3.07. The van der Waals surface area contributed by atoms with Crippen LogP contribution in [0.5, 0.6) is 0 Å². The van der Waals surface area contributed by atoms with Crippen molar-refractivity contribution in [3.8, 4) is 0 Å². The van der Waals surface area contributed by atoms with E-state index in [-0.39, 0.29) is 6.03 Å². The number of carbonyl (C=O) groups excluding carboxylic acids is 1. The van der Waals surface area contributed by atoms with Gasteiger partial charge in [0.2, 0.25) is 10.0 Å². The minimum Gasteiger partial charge on any atom is -0.338 e. The third-order valence-electron chi connectivity index (χ3n) is 4.77. The number of nitrogens with one attached hydrogen (secondary N) is 2. The number of hydrogen-bond donors (Lipinski definition) is 2. The molecule has 0 bridgehead atoms. The molecular weight excluding hydrogens is 290 g/mol. The van der Waals surface area contributed by atoms with Crippen LogP contribution in [0.1, 0.15) is 39.0 Å². The van der Waals surface area contributed by atoms with Crippen molar-refractivity contribution >= 4 is 16.1 Å². The van der Waals surface area contributed by atoms with Crippen LogP contribution in [0.2, 0.25) is 0 Å². The Labute approximate surface area is 127 Å². The van der Waals surface area contributed by atoms with Gasteiger partial charge in [0.25, 0.3) is 0 Å². The lowest BCUT2D eigenvalue weighted by atomic mass is 9.98. The fourth-order valence-electron chi connectivity index (χ4n) is 3.26. The summed E-state index contributed by atoms with van der Waals surface area (Å²) < 4.78 is 24.4. The lowest BCUT2D eigenvalue weighted by molar-refractivity contribution is 0.225. The van der Waals surface area contributed by atoms with Gasteiger partial charge in [-0.15, -0.1) is 0 Å². The summed E-state index contributed by atoms with van der Waals surface area (Å²) in [6.07, 6.45) is 6.33. The molecule has 0 spiro atoms. The van der Waals surface area contributed by atoms with E-state index in [4.69, 9.17) is 0 Å². The van der Waals surface area contributed by atoms with Crippen molar-refractivity contribution in [1.82, 2.24) is 14.9 Å². The molecule has 2 N–H and O–H groups in total. The molecule has 2 unspecified atom stereocenters. The highest BCUT2D eigenvalue weighted by Gasteiger charge is 2.27. The molecule has 0 aromatic heterocycles. The molecule has 122 valence electrons. The van der Waals surface area contributed by atoms with Crippen molar-refractivity contribution < 1.29 is 13.2 Å². The molecule has 0 aromatic rings. The summed E-state index contributed by atoms with van der Waals surface area (Å²) >= 11 is 0. The Morgan fingerprint density at radius 2 is 1.86 bits per heavy atom. The van der Waals surface area contributed by atoms with Gasteiger partial charge in [0.15, 0.2) is 0 Å². The van der Waals surface area contributed by atoms with E-state index in [1.165, 1.54) is 23.4 Å². The molecule has 7 heteroatoms. The Kier molecular flexibility index (Phi) is 5.48. The van der Waals surface area contributed by atoms with Gasteiger partial charge in [0.1, 0.15) is 0 Å². The summed E-state index contributed by atoms with van der Waals surface area (Å²) in [4.78, 5) is 11.9. The third-order valence-corrected chi connectivity index (χ3v) is 6.07. The molecular formula is C14H27N3O3S. The van der Waals surface area contributed by atoms with Crippen molar-refractivity contribution in [1.29, 1.82) is 0 Å². The average molecular weight is 317 g/mol. The lowest BCUT2D eigenvalue weighted by Crippen LogP contribution is -2.46. The van der Waals surface area contributed by atoms with Gasteiger partial charge >= 0.3 is 6.03 Å². The fraction of sp³-hybridized carbons (Fsp3) is 0.929. The number of hydrogen-bond acceptors (Lipinski definition) is 3. The maximum Gasteiger partial charge on any atom is 0.315 e. The maximum absolute atomic E-state index is 11.9. The maximum atomic E-state index is 11.9. The van der Waals surface area contributed by atoms with Crippen molar-refractivity contribution in [3.63, 3.8) is 0 Å². The predicted molar refractivity (Wildman–Crippen MR) is 82.5 cm³/mol. The van der Waals surface area contributed by atoms with Crippen LogP contribution in [0.15, 0.2) is 0 Å². The van der Waals surface area contributed by atoms with Crippen molar-refractivity contribution in [2.45, 2.75) is 45.1 Å². The molecule has 1 saturated heterocycles. The number of amides is 2. The number of piperidine rings is 1. The van der Waals surface area contributed by atoms with Gasteiger partial charge in [0, 0.05) is 25.7 Å². The molecule has 0 aromatic carbocycles. The summed E-state index contributed by atoms with van der Waals surface area (Å²) in [5.74, 6) is 0.934. The molecule has 0 radical (unpaired) electrons. The second kappa shape index (κ2) is 6.96. The second-order valence-electron chi connectivity index (χ2n) is 6.47. The Hall–Kier alpha value is -0.820. The minimum atomic E-state index is -3.07. The highest BCUT2D eigenvalue weighted by atomic mass is 32.2. The summed E-state index contributed by atoms with van der Waals surface area (Å²) in [5.41, 5.74) is 0. The molecule has 1 saturated carbocycles. The summed E-state index contributed by atoms with van der Waals surface area (Å²) in [5, 5.41) is 5.98. The van der Waals surface area contributed by atoms with Crippen LogP contribution in [0.4, 0.5) is 4.79 Å². The zero-order valence-electron chi connectivity index (χ0n) is 13.0. The van der Waals surface area contributed by atoms with Gasteiger partial charge in [0.05, 0.1) is 6.26 Å². The second-order valence-corrected chi connectivity index (χ2v) is 8.46. The van der Waals surface area contributed by atoms with E-state index >= 15 is 0 Å². The predicted octanol–water partition coefficient (Wildman–Crippen LogP) is 1.15. The molecule has 1 heterocycles. The topological polar surface area (TPSA) is 78.5 Å². The van der Waals surface area contributed by atoms with Gasteiger partial charge in [-0.3, -0.25) is 0 Å². The normalized spacial score (nSPS) is 28.5. The van der Waals surface area contributed by atoms with Crippen LogP contribution >= 0.6 is 0 Å². The molecule has 1 aliphatic heterocycles. The Bertz CT molecular complexity index is 458. The molecule has 2 fully saturated rings. The Balaban J connectivity index is 1.66. The van der Waals surface area contributed by atoms with Crippen molar-refractivity contribution in [2.24, 2.45) is 11.8 Å². The standard InChI is InChI=1S/C14H27N3O3S/c1-11-4-3-5-13(11)16-14(18)15-10-12-6-8-17(9-7-12)21(2,19)20/h11-13H,3-10H2,1-2H3,(H2,15,16,18). The van der Waals surface area contributed by atoms with Crippen LogP contribution in [0.3, 0.4) is 0 Å². The monoisotopic (exact) mass is 317 g/mol. The number of carbonyl (C=O) groups is 1. The largest absolute Gasteiger partial charge is 0.338 e. The first-order valence-electron chi connectivity index (χ1n) is 7.85. The summed E-state index contributed by atoms with van der Waals surface area (Å²) in [6.45, 7) is 3.93. The molecule has 6 nitrogen and oxygen atoms in total. The zero-order chi connectivity index (χ0) is 15.5. The van der Waals surface area contributed by atoms with E-state index in [9.17, 15) is 13.2 Å². The van der Waals surface area contributed by atoms with Crippen LogP contribution < -0.4 is 10.6 Å². The van der Waals surface area contributed by atoms with Gasteiger partial charge < -0.3 is 10.6 Å². The van der Waals surface area contributed by atoms with E-state index in [2.05, 4.69) is 17.6 Å². The van der Waals surface area contributed by atoms with Crippen molar-refractivity contribution in [2.75, 3.05) is 25.9 Å². The molecule has 1 aliphatic carbocycles. The van der Waals surface area contributed by atoms with Gasteiger partial charge in [-0.1, -0.05) is 13.3 Å². The van der Waals surface area contributed by atoms with Crippen LogP contribution in [0.25, 0.3) is 0 Å². The lowest BCUT2D eigenvalue weighted by Gasteiger charge is -2.30. The molecule has 2 amide bonds. The Morgan fingerprint density at radius 3 is 2.38 bits per heavy atom. The van der Waals surface area contributed by atoms with Crippen LogP contribution in [0, 0.1) is 11.8 Å². The van der Waals surface area contributed by atoms with Gasteiger partial charge in [-0.05, 0) is 37.5 Å². The molecule has 2 rings (SSSR count). The highest BCUT2D eigenvalue weighted by molar-refractivity contribution is 7.88. The SMILES string of the molecule is CC1CCCC1NC(=O)NCC1CCN(S(C)(=O)=O)CC1. The van der Waals surface area contributed by atoms with E-state index in [1.54, 1.807) is 0 Å². The third kappa shape index (κ3) is 4.85. The number of nitrogens with zero attached hydrogens (tertiary/aromatic N) is 1. The van der Waals surface area contributed by atoms with Gasteiger partial charge in [-0.2, -0.15) is 0 Å². The van der Waals surface area contributed by atoms with Gasteiger partial charge in [-0.25, -0.2) is 17.5 Å². The quantitative estimate of drug-likeness (QED) is 0.816. The molecule has 2 atom stereocenters. The van der Waals surface area contributed by atoms with E-state index in [0.29, 0.717) is 37.5 Å². The average Bonchev–Trinajstić information content (AvgIpc) is 2.81. The van der Waals surface area contributed by atoms with E-state index in [0.717, 1.165) is 19.3 Å². The highest BCUT2D eigenvalue weighted by Crippen LogP contribution is 2.24. The van der Waals surface area contributed by atoms with Crippen molar-refractivity contribution in [3.05, 3.63) is 0 Å².